The van der Waals surface area contributed by atoms with Crippen LogP contribution in [0.5, 0.6) is 0 Å². The van der Waals surface area contributed by atoms with Crippen LogP contribution in [0.2, 0.25) is 0 Å². The SMILES string of the molecule is O=C1CCN(CC(=O)Nc2ccnn2C2CCCc3ccccc32)C(=O)N1. The summed E-state index contributed by atoms with van der Waals surface area (Å²) < 4.78 is 1.84. The molecule has 1 fully saturated rings. The summed E-state index contributed by atoms with van der Waals surface area (Å²) in [6.45, 7) is 0.138. The molecule has 0 spiro atoms. The maximum absolute atomic E-state index is 12.4. The van der Waals surface area contributed by atoms with Crippen molar-refractivity contribution in [3.8, 4) is 0 Å². The molecule has 4 amide bonds. The van der Waals surface area contributed by atoms with Crippen molar-refractivity contribution < 1.29 is 14.4 Å². The van der Waals surface area contributed by atoms with Crippen LogP contribution in [0, 0.1) is 0 Å². The van der Waals surface area contributed by atoms with Gasteiger partial charge < -0.3 is 10.2 Å². The molecule has 8 nitrogen and oxygen atoms in total. The number of imide groups is 1. The first-order chi connectivity index (χ1) is 13.1. The highest BCUT2D eigenvalue weighted by Crippen LogP contribution is 2.34. The molecule has 0 bridgehead atoms. The third-order valence-corrected chi connectivity index (χ3v) is 5.05. The molecule has 1 unspecified atom stereocenters. The smallest absolute Gasteiger partial charge is 0.315 e. The van der Waals surface area contributed by atoms with Gasteiger partial charge in [0.25, 0.3) is 0 Å². The van der Waals surface area contributed by atoms with E-state index in [-0.39, 0.29) is 37.4 Å². The van der Waals surface area contributed by atoms with Crippen LogP contribution < -0.4 is 10.6 Å². The highest BCUT2D eigenvalue weighted by Gasteiger charge is 2.27. The fraction of sp³-hybridized carbons (Fsp3) is 0.368. The van der Waals surface area contributed by atoms with Crippen molar-refractivity contribution in [3.05, 3.63) is 47.7 Å². The fourth-order valence-electron chi connectivity index (χ4n) is 3.75. The Morgan fingerprint density at radius 3 is 2.93 bits per heavy atom. The minimum atomic E-state index is -0.531. The predicted molar refractivity (Wildman–Crippen MR) is 98.1 cm³/mol. The van der Waals surface area contributed by atoms with Gasteiger partial charge in [-0.15, -0.1) is 0 Å². The van der Waals surface area contributed by atoms with Gasteiger partial charge in [0, 0.05) is 19.0 Å². The summed E-state index contributed by atoms with van der Waals surface area (Å²) in [4.78, 5) is 36.8. The van der Waals surface area contributed by atoms with Crippen LogP contribution in [0.25, 0.3) is 0 Å². The lowest BCUT2D eigenvalue weighted by molar-refractivity contribution is -0.123. The van der Waals surface area contributed by atoms with Gasteiger partial charge in [0.05, 0.1) is 12.2 Å². The van der Waals surface area contributed by atoms with Gasteiger partial charge in [0.2, 0.25) is 11.8 Å². The van der Waals surface area contributed by atoms with Crippen LogP contribution in [0.4, 0.5) is 10.6 Å². The van der Waals surface area contributed by atoms with Gasteiger partial charge in [-0.2, -0.15) is 5.10 Å². The molecule has 1 atom stereocenters. The second-order valence-electron chi connectivity index (χ2n) is 6.84. The van der Waals surface area contributed by atoms with Gasteiger partial charge in [-0.3, -0.25) is 14.9 Å². The largest absolute Gasteiger partial charge is 0.324 e. The van der Waals surface area contributed by atoms with Gasteiger partial charge in [-0.25, -0.2) is 9.48 Å². The molecule has 0 saturated carbocycles. The Labute approximate surface area is 156 Å². The van der Waals surface area contributed by atoms with Crippen LogP contribution in [0.1, 0.15) is 36.4 Å². The summed E-state index contributed by atoms with van der Waals surface area (Å²) in [5.74, 6) is -0.0220. The average molecular weight is 367 g/mol. The normalized spacial score (nSPS) is 19.4. The summed E-state index contributed by atoms with van der Waals surface area (Å²) in [5, 5.41) is 9.50. The zero-order valence-corrected chi connectivity index (χ0v) is 14.9. The van der Waals surface area contributed by atoms with E-state index in [9.17, 15) is 14.4 Å². The molecule has 2 aliphatic rings. The lowest BCUT2D eigenvalue weighted by atomic mass is 9.88. The number of hydrogen-bond donors (Lipinski definition) is 2. The summed E-state index contributed by atoms with van der Waals surface area (Å²) >= 11 is 0. The number of benzene rings is 1. The Balaban J connectivity index is 1.48. The molecule has 2 aromatic rings. The molecular formula is C19H21N5O3. The number of rotatable bonds is 4. The monoisotopic (exact) mass is 367 g/mol. The number of carbonyl (C=O) groups is 3. The van der Waals surface area contributed by atoms with E-state index in [0.29, 0.717) is 5.82 Å². The summed E-state index contributed by atoms with van der Waals surface area (Å²) in [7, 11) is 0. The molecule has 1 aromatic heterocycles. The first-order valence-corrected chi connectivity index (χ1v) is 9.12. The average Bonchev–Trinajstić information content (AvgIpc) is 3.11. The van der Waals surface area contributed by atoms with Crippen molar-refractivity contribution in [2.75, 3.05) is 18.4 Å². The molecule has 1 saturated heterocycles. The first-order valence-electron chi connectivity index (χ1n) is 9.12. The van der Waals surface area contributed by atoms with E-state index < -0.39 is 6.03 Å². The van der Waals surface area contributed by atoms with Crippen molar-refractivity contribution in [1.29, 1.82) is 0 Å². The molecule has 1 aliphatic heterocycles. The number of anilines is 1. The second-order valence-corrected chi connectivity index (χ2v) is 6.84. The molecular weight excluding hydrogens is 346 g/mol. The Bertz CT molecular complexity index is 891. The van der Waals surface area contributed by atoms with Crippen molar-refractivity contribution in [3.63, 3.8) is 0 Å². The molecule has 2 N–H and O–H groups in total. The van der Waals surface area contributed by atoms with Gasteiger partial charge in [-0.1, -0.05) is 24.3 Å². The van der Waals surface area contributed by atoms with Crippen LogP contribution in [0.15, 0.2) is 36.5 Å². The quantitative estimate of drug-likeness (QED) is 0.859. The molecule has 0 radical (unpaired) electrons. The zero-order valence-electron chi connectivity index (χ0n) is 14.9. The zero-order chi connectivity index (χ0) is 18.8. The number of amides is 4. The van der Waals surface area contributed by atoms with E-state index >= 15 is 0 Å². The van der Waals surface area contributed by atoms with E-state index in [4.69, 9.17) is 0 Å². The van der Waals surface area contributed by atoms with Crippen molar-refractivity contribution in [1.82, 2.24) is 20.0 Å². The molecule has 4 rings (SSSR count). The lowest BCUT2D eigenvalue weighted by Crippen LogP contribution is -2.51. The Kier molecular flexibility index (Phi) is 4.62. The van der Waals surface area contributed by atoms with Gasteiger partial charge in [0.15, 0.2) is 0 Å². The van der Waals surface area contributed by atoms with Crippen LogP contribution >= 0.6 is 0 Å². The van der Waals surface area contributed by atoms with Crippen molar-refractivity contribution in [2.24, 2.45) is 0 Å². The van der Waals surface area contributed by atoms with E-state index in [1.165, 1.54) is 16.0 Å². The number of aromatic nitrogens is 2. The van der Waals surface area contributed by atoms with Crippen molar-refractivity contribution >= 4 is 23.7 Å². The standard InChI is InChI=1S/C19H21N5O3/c25-17-9-11-23(19(27)22-17)12-18(26)21-16-8-10-20-24(16)15-7-3-5-13-4-1-2-6-14(13)15/h1-2,4,6,8,10,15H,3,5,7,9,11-12H2,(H,21,26)(H,22,25,27). The highest BCUT2D eigenvalue weighted by molar-refractivity contribution is 5.99. The van der Waals surface area contributed by atoms with E-state index in [0.717, 1.165) is 19.3 Å². The Morgan fingerprint density at radius 2 is 2.07 bits per heavy atom. The van der Waals surface area contributed by atoms with E-state index in [2.05, 4.69) is 27.9 Å². The Morgan fingerprint density at radius 1 is 1.22 bits per heavy atom. The Hall–Kier alpha value is -3.16. The molecule has 1 aliphatic carbocycles. The molecule has 2 heterocycles. The molecule has 27 heavy (non-hydrogen) atoms. The maximum atomic E-state index is 12.4. The lowest BCUT2D eigenvalue weighted by Gasteiger charge is -2.28. The van der Waals surface area contributed by atoms with Gasteiger partial charge >= 0.3 is 6.03 Å². The van der Waals surface area contributed by atoms with Gasteiger partial charge in [0.1, 0.15) is 12.4 Å². The third kappa shape index (κ3) is 3.55. The highest BCUT2D eigenvalue weighted by atomic mass is 16.2. The molecule has 8 heteroatoms. The number of carbonyl (C=O) groups excluding carboxylic acids is 3. The van der Waals surface area contributed by atoms with Crippen LogP contribution in [-0.2, 0) is 16.0 Å². The number of nitrogens with one attached hydrogen (secondary N) is 2. The number of urea groups is 1. The summed E-state index contributed by atoms with van der Waals surface area (Å²) in [6.07, 6.45) is 4.95. The van der Waals surface area contributed by atoms with E-state index in [1.807, 2.05) is 16.8 Å². The minimum absolute atomic E-state index is 0.0798. The maximum Gasteiger partial charge on any atom is 0.324 e. The van der Waals surface area contributed by atoms with Crippen LogP contribution in [0.3, 0.4) is 0 Å². The summed E-state index contributed by atoms with van der Waals surface area (Å²) in [5.41, 5.74) is 2.55. The number of aryl methyl sites for hydroxylation is 1. The molecule has 1 aromatic carbocycles. The van der Waals surface area contributed by atoms with Crippen molar-refractivity contribution in [2.45, 2.75) is 31.7 Å². The van der Waals surface area contributed by atoms with E-state index in [1.54, 1.807) is 12.3 Å². The number of hydrogen-bond acceptors (Lipinski definition) is 4. The second kappa shape index (κ2) is 7.22. The van der Waals surface area contributed by atoms with Crippen LogP contribution in [-0.4, -0.2) is 45.6 Å². The third-order valence-electron chi connectivity index (χ3n) is 5.05. The fourth-order valence-corrected chi connectivity index (χ4v) is 3.75. The topological polar surface area (TPSA) is 96.3 Å². The summed E-state index contributed by atoms with van der Waals surface area (Å²) in [6, 6.07) is 9.62. The molecule has 140 valence electrons. The number of nitrogens with zero attached hydrogens (tertiary/aromatic N) is 3. The minimum Gasteiger partial charge on any atom is -0.315 e. The number of fused-ring (bicyclic) bond motifs is 1. The first kappa shape index (κ1) is 17.3. The van der Waals surface area contributed by atoms with Gasteiger partial charge in [-0.05, 0) is 30.4 Å². The predicted octanol–water partition coefficient (Wildman–Crippen LogP) is 1.69.